The number of fused-ring (bicyclic) bond motifs is 2. The molecule has 0 fully saturated rings. The fourth-order valence-corrected chi connectivity index (χ4v) is 2.69. The van der Waals surface area contributed by atoms with Crippen LogP contribution in [0, 0.1) is 10.1 Å². The first kappa shape index (κ1) is 14.2. The van der Waals surface area contributed by atoms with Gasteiger partial charge in [0.05, 0.1) is 11.9 Å². The summed E-state index contributed by atoms with van der Waals surface area (Å²) in [7, 11) is 0. The first-order valence-electron chi connectivity index (χ1n) is 7.50. The Kier molecular flexibility index (Phi) is 3.34. The first-order chi connectivity index (χ1) is 11.7. The van der Waals surface area contributed by atoms with E-state index in [1.54, 1.807) is 24.4 Å². The van der Waals surface area contributed by atoms with E-state index in [2.05, 4.69) is 15.3 Å². The molecule has 24 heavy (non-hydrogen) atoms. The molecule has 0 unspecified atom stereocenters. The fourth-order valence-electron chi connectivity index (χ4n) is 2.69. The number of nitrogens with one attached hydrogen (secondary N) is 1. The van der Waals surface area contributed by atoms with Crippen LogP contribution in [0.5, 0.6) is 0 Å². The van der Waals surface area contributed by atoms with E-state index in [0.29, 0.717) is 18.6 Å². The predicted octanol–water partition coefficient (Wildman–Crippen LogP) is 2.54. The third kappa shape index (κ3) is 2.43. The van der Waals surface area contributed by atoms with Crippen molar-refractivity contribution in [1.82, 2.24) is 18.8 Å². The molecule has 4 aromatic rings. The van der Waals surface area contributed by atoms with E-state index in [0.717, 1.165) is 11.3 Å². The smallest absolute Gasteiger partial charge is 0.363 e. The summed E-state index contributed by atoms with van der Waals surface area (Å²) in [6.45, 7) is 0.509. The van der Waals surface area contributed by atoms with Crippen LogP contribution in [-0.4, -0.2) is 30.2 Å². The van der Waals surface area contributed by atoms with Gasteiger partial charge in [0.1, 0.15) is 5.65 Å². The van der Waals surface area contributed by atoms with Crippen LogP contribution in [0.2, 0.25) is 0 Å². The zero-order valence-electron chi connectivity index (χ0n) is 12.7. The highest BCUT2D eigenvalue weighted by atomic mass is 16.6. The maximum absolute atomic E-state index is 11.3. The summed E-state index contributed by atoms with van der Waals surface area (Å²) in [5.74, 6) is 0.218. The normalized spacial score (nSPS) is 11.2. The molecule has 0 amide bonds. The number of hydrogen-bond acceptors (Lipinski definition) is 5. The van der Waals surface area contributed by atoms with E-state index in [9.17, 15) is 10.1 Å². The van der Waals surface area contributed by atoms with Gasteiger partial charge in [0, 0.05) is 31.4 Å². The fraction of sp³-hybridized carbons (Fsp3) is 0.125. The van der Waals surface area contributed by atoms with Gasteiger partial charge in [-0.2, -0.15) is 9.38 Å². The number of nitro groups is 1. The summed E-state index contributed by atoms with van der Waals surface area (Å²) < 4.78 is 3.41. The van der Waals surface area contributed by atoms with E-state index in [1.165, 1.54) is 4.40 Å². The molecule has 8 nitrogen and oxygen atoms in total. The molecule has 0 bridgehead atoms. The minimum absolute atomic E-state index is 0.0550. The number of aromatic nitrogens is 4. The van der Waals surface area contributed by atoms with Gasteiger partial charge in [0.15, 0.2) is 0 Å². The molecule has 0 saturated carbocycles. The average Bonchev–Trinajstić information content (AvgIpc) is 3.14. The molecular weight excluding hydrogens is 308 g/mol. The van der Waals surface area contributed by atoms with Crippen molar-refractivity contribution in [2.45, 2.75) is 6.42 Å². The molecule has 0 aromatic carbocycles. The number of nitrogens with zero attached hydrogens (tertiary/aromatic N) is 5. The number of hydrogen-bond donors (Lipinski definition) is 1. The minimum atomic E-state index is -0.423. The minimum Gasteiger partial charge on any atom is -0.363 e. The maximum atomic E-state index is 11.3. The second-order valence-electron chi connectivity index (χ2n) is 5.35. The van der Waals surface area contributed by atoms with Crippen LogP contribution in [0.15, 0.2) is 55.0 Å². The standard InChI is InChI=1S/C16H14N6O2/c23-22(24)16-15(19-14-6-2-4-10-21(14)16)17-8-7-12-11-20-9-3-1-5-13(20)18-12/h1-6,9-11,17H,7-8H2. The van der Waals surface area contributed by atoms with Gasteiger partial charge in [0.2, 0.25) is 11.5 Å². The Labute approximate surface area is 136 Å². The van der Waals surface area contributed by atoms with Crippen LogP contribution in [-0.2, 0) is 6.42 Å². The van der Waals surface area contributed by atoms with Crippen molar-refractivity contribution in [2.75, 3.05) is 11.9 Å². The van der Waals surface area contributed by atoms with E-state index < -0.39 is 4.92 Å². The van der Waals surface area contributed by atoms with Crippen molar-refractivity contribution in [1.29, 1.82) is 0 Å². The van der Waals surface area contributed by atoms with Gasteiger partial charge < -0.3 is 19.8 Å². The molecule has 4 aromatic heterocycles. The van der Waals surface area contributed by atoms with Gasteiger partial charge in [-0.3, -0.25) is 0 Å². The number of imidazole rings is 2. The lowest BCUT2D eigenvalue weighted by molar-refractivity contribution is -0.389. The molecule has 0 spiro atoms. The summed E-state index contributed by atoms with van der Waals surface area (Å²) in [6.07, 6.45) is 6.17. The monoisotopic (exact) mass is 322 g/mol. The average molecular weight is 322 g/mol. The first-order valence-corrected chi connectivity index (χ1v) is 7.50. The topological polar surface area (TPSA) is 89.8 Å². The van der Waals surface area contributed by atoms with Crippen molar-refractivity contribution in [3.05, 3.63) is 70.8 Å². The van der Waals surface area contributed by atoms with Crippen LogP contribution in [0.1, 0.15) is 5.69 Å². The summed E-state index contributed by atoms with van der Waals surface area (Å²) in [6, 6.07) is 11.1. The molecule has 0 aliphatic heterocycles. The van der Waals surface area contributed by atoms with Gasteiger partial charge in [-0.05, 0) is 23.1 Å². The van der Waals surface area contributed by atoms with Crippen LogP contribution in [0.4, 0.5) is 11.6 Å². The van der Waals surface area contributed by atoms with Crippen molar-refractivity contribution < 1.29 is 4.92 Å². The Morgan fingerprint density at radius 3 is 2.67 bits per heavy atom. The molecular formula is C16H14N6O2. The molecule has 0 aliphatic carbocycles. The number of anilines is 1. The van der Waals surface area contributed by atoms with Gasteiger partial charge in [-0.15, -0.1) is 0 Å². The van der Waals surface area contributed by atoms with E-state index >= 15 is 0 Å². The lowest BCUT2D eigenvalue weighted by Gasteiger charge is -2.01. The van der Waals surface area contributed by atoms with Crippen molar-refractivity contribution >= 4 is 22.9 Å². The van der Waals surface area contributed by atoms with E-state index in [1.807, 2.05) is 35.0 Å². The maximum Gasteiger partial charge on any atom is 0.372 e. The molecule has 0 saturated heterocycles. The highest BCUT2D eigenvalue weighted by Crippen LogP contribution is 2.25. The zero-order chi connectivity index (χ0) is 16.5. The third-order valence-corrected chi connectivity index (χ3v) is 3.77. The largest absolute Gasteiger partial charge is 0.372 e. The molecule has 0 atom stereocenters. The Bertz CT molecular complexity index is 1000. The molecule has 0 aliphatic rings. The molecule has 1 N–H and O–H groups in total. The summed E-state index contributed by atoms with van der Waals surface area (Å²) >= 11 is 0. The second-order valence-corrected chi connectivity index (χ2v) is 5.35. The van der Waals surface area contributed by atoms with Crippen LogP contribution >= 0.6 is 0 Å². The molecule has 4 heterocycles. The van der Waals surface area contributed by atoms with Crippen molar-refractivity contribution in [2.24, 2.45) is 0 Å². The Morgan fingerprint density at radius 2 is 1.88 bits per heavy atom. The summed E-state index contributed by atoms with van der Waals surface area (Å²) in [5, 5.41) is 14.4. The van der Waals surface area contributed by atoms with Crippen LogP contribution < -0.4 is 5.32 Å². The second kappa shape index (κ2) is 5.65. The molecule has 4 rings (SSSR count). The van der Waals surface area contributed by atoms with Gasteiger partial charge in [-0.25, -0.2) is 4.98 Å². The number of rotatable bonds is 5. The van der Waals surface area contributed by atoms with Gasteiger partial charge in [0.25, 0.3) is 0 Å². The van der Waals surface area contributed by atoms with E-state index in [4.69, 9.17) is 0 Å². The molecule has 8 heteroatoms. The Balaban J connectivity index is 1.54. The SMILES string of the molecule is O=[N+]([O-])c1c(NCCc2cn3ccccc3n2)nc2ccccn12. The molecule has 120 valence electrons. The Hall–Kier alpha value is -3.42. The summed E-state index contributed by atoms with van der Waals surface area (Å²) in [5.41, 5.74) is 2.34. The van der Waals surface area contributed by atoms with Crippen LogP contribution in [0.25, 0.3) is 11.3 Å². The lowest BCUT2D eigenvalue weighted by Crippen LogP contribution is -2.07. The van der Waals surface area contributed by atoms with E-state index in [-0.39, 0.29) is 11.6 Å². The van der Waals surface area contributed by atoms with Gasteiger partial charge in [-0.1, -0.05) is 12.1 Å². The predicted molar refractivity (Wildman–Crippen MR) is 89.2 cm³/mol. The highest BCUT2D eigenvalue weighted by Gasteiger charge is 2.21. The summed E-state index contributed by atoms with van der Waals surface area (Å²) in [4.78, 5) is 19.7. The van der Waals surface area contributed by atoms with Crippen molar-refractivity contribution in [3.63, 3.8) is 0 Å². The van der Waals surface area contributed by atoms with Gasteiger partial charge >= 0.3 is 5.82 Å². The zero-order valence-corrected chi connectivity index (χ0v) is 12.7. The lowest BCUT2D eigenvalue weighted by atomic mass is 10.3. The van der Waals surface area contributed by atoms with Crippen LogP contribution in [0.3, 0.4) is 0 Å². The quantitative estimate of drug-likeness (QED) is 0.450. The highest BCUT2D eigenvalue weighted by molar-refractivity contribution is 5.62. The Morgan fingerprint density at radius 1 is 1.08 bits per heavy atom. The number of pyridine rings is 2. The molecule has 0 radical (unpaired) electrons. The van der Waals surface area contributed by atoms with Crippen molar-refractivity contribution in [3.8, 4) is 0 Å². The third-order valence-electron chi connectivity index (χ3n) is 3.77.